The first-order valence-corrected chi connectivity index (χ1v) is 13.4. The fourth-order valence-corrected chi connectivity index (χ4v) is 6.76. The number of fused-ring (bicyclic) bond motifs is 2. The second-order valence-corrected chi connectivity index (χ2v) is 11.4. The lowest BCUT2D eigenvalue weighted by Crippen LogP contribution is -2.49. The number of nitrogens with one attached hydrogen (secondary N) is 1. The van der Waals surface area contributed by atoms with Crippen molar-refractivity contribution < 1.29 is 17.6 Å². The lowest BCUT2D eigenvalue weighted by molar-refractivity contribution is 0.243. The molecule has 0 radical (unpaired) electrons. The van der Waals surface area contributed by atoms with Crippen molar-refractivity contribution in [2.75, 3.05) is 29.8 Å². The van der Waals surface area contributed by atoms with Crippen molar-refractivity contribution in [3.8, 4) is 0 Å². The molecule has 2 aliphatic carbocycles. The van der Waals surface area contributed by atoms with Crippen LogP contribution < -0.4 is 9.62 Å². The number of hydroxylamine groups is 1. The Morgan fingerprint density at radius 3 is 2.40 bits per heavy atom. The molecule has 1 aliphatic heterocycles. The highest BCUT2D eigenvalue weighted by atomic mass is 32.2. The first-order valence-electron chi connectivity index (χ1n) is 12.0. The van der Waals surface area contributed by atoms with E-state index in [1.807, 2.05) is 0 Å². The topological polar surface area (TPSA) is 114 Å². The van der Waals surface area contributed by atoms with E-state index in [0.717, 1.165) is 65.1 Å². The Hall–Kier alpha value is -2.70. The highest BCUT2D eigenvalue weighted by Crippen LogP contribution is 2.39. The van der Waals surface area contributed by atoms with Crippen molar-refractivity contribution in [2.24, 2.45) is 7.05 Å². The average Bonchev–Trinajstić information content (AvgIpc) is 3.59. The summed E-state index contributed by atoms with van der Waals surface area (Å²) in [6.45, 7) is 0.00446. The van der Waals surface area contributed by atoms with Crippen LogP contribution in [0.3, 0.4) is 0 Å². The standard InChI is InChI=1S/C23H30FN6O4S/c1-27-12-17(24)10-18(27)14-29(19-11-25-28(2)13-19)35(33,34)30(32)23(31)26-22-20-7-3-5-15(20)9-16-6-4-8-21(16)22/h9,11,13,17-18H,3-8,10,12,14H2,1-2H3,(H,26,31)/q-1/t17-,18-/m0/s1. The summed E-state index contributed by atoms with van der Waals surface area (Å²) in [4.78, 5) is 14.8. The van der Waals surface area contributed by atoms with E-state index in [0.29, 0.717) is 5.69 Å². The highest BCUT2D eigenvalue weighted by Gasteiger charge is 2.37. The van der Waals surface area contributed by atoms with Crippen molar-refractivity contribution in [1.29, 1.82) is 0 Å². The number of amides is 2. The van der Waals surface area contributed by atoms with Gasteiger partial charge in [-0.1, -0.05) is 6.07 Å². The minimum atomic E-state index is -4.82. The van der Waals surface area contributed by atoms with Crippen LogP contribution in [0.1, 0.15) is 41.5 Å². The summed E-state index contributed by atoms with van der Waals surface area (Å²) in [6, 6.07) is 0.486. The van der Waals surface area contributed by atoms with Gasteiger partial charge in [0.05, 0.1) is 18.4 Å². The van der Waals surface area contributed by atoms with Crippen LogP contribution >= 0.6 is 0 Å². The zero-order valence-electron chi connectivity index (χ0n) is 19.9. The van der Waals surface area contributed by atoms with Gasteiger partial charge in [-0.15, -0.1) is 0 Å². The average molecular weight is 506 g/mol. The smallest absolute Gasteiger partial charge is 0.326 e. The molecule has 1 aromatic heterocycles. The number of rotatable bonds is 6. The SMILES string of the molecule is CN1C[C@@H](F)C[C@H]1CN(c1cnn(C)c1)S(=O)(=O)N([O-])C(=O)Nc1c2c(cc3c1CCC3)CCC2. The maximum Gasteiger partial charge on any atom is 0.326 e. The number of nitrogens with zero attached hydrogens (tertiary/aromatic N) is 5. The summed E-state index contributed by atoms with van der Waals surface area (Å²) >= 11 is 0. The summed E-state index contributed by atoms with van der Waals surface area (Å²) < 4.78 is 42.6. The van der Waals surface area contributed by atoms with Gasteiger partial charge in [-0.25, -0.2) is 13.5 Å². The second-order valence-electron chi connectivity index (χ2n) is 9.73. The number of carbonyl (C=O) groups is 1. The molecule has 190 valence electrons. The number of alkyl halides is 1. The van der Waals surface area contributed by atoms with Crippen molar-refractivity contribution >= 4 is 27.6 Å². The summed E-state index contributed by atoms with van der Waals surface area (Å²) in [5, 5.41) is 19.7. The van der Waals surface area contributed by atoms with Gasteiger partial charge in [0, 0.05) is 31.5 Å². The largest absolute Gasteiger partial charge is 0.740 e. The molecule has 10 nitrogen and oxygen atoms in total. The van der Waals surface area contributed by atoms with E-state index in [4.69, 9.17) is 0 Å². The minimum Gasteiger partial charge on any atom is -0.740 e. The van der Waals surface area contributed by atoms with Crippen LogP contribution in [0, 0.1) is 5.21 Å². The summed E-state index contributed by atoms with van der Waals surface area (Å²) in [6.07, 6.45) is 7.10. The first kappa shape index (κ1) is 24.0. The summed E-state index contributed by atoms with van der Waals surface area (Å²) in [5.74, 6) is 0. The molecule has 0 bridgehead atoms. The second kappa shape index (κ2) is 9.07. The van der Waals surface area contributed by atoms with Crippen LogP contribution in [0.2, 0.25) is 0 Å². The molecular weight excluding hydrogens is 475 g/mol. The van der Waals surface area contributed by atoms with Gasteiger partial charge in [-0.2, -0.15) is 13.5 Å². The normalized spacial score (nSPS) is 21.7. The van der Waals surface area contributed by atoms with Gasteiger partial charge in [0.15, 0.2) is 0 Å². The molecule has 3 aliphatic rings. The predicted molar refractivity (Wildman–Crippen MR) is 130 cm³/mol. The molecule has 2 aromatic rings. The van der Waals surface area contributed by atoms with Crippen molar-refractivity contribution in [2.45, 2.75) is 57.2 Å². The molecule has 0 unspecified atom stereocenters. The molecule has 2 amide bonds. The fourth-order valence-electron chi connectivity index (χ4n) is 5.60. The Morgan fingerprint density at radius 2 is 1.86 bits per heavy atom. The number of urea groups is 1. The minimum absolute atomic E-state index is 0.135. The van der Waals surface area contributed by atoms with E-state index < -0.39 is 32.9 Å². The van der Waals surface area contributed by atoms with Crippen LogP contribution in [0.25, 0.3) is 0 Å². The summed E-state index contributed by atoms with van der Waals surface area (Å²) in [5.41, 5.74) is 5.04. The van der Waals surface area contributed by atoms with E-state index in [1.54, 1.807) is 19.0 Å². The Balaban J connectivity index is 1.43. The Morgan fingerprint density at radius 1 is 1.20 bits per heavy atom. The third kappa shape index (κ3) is 4.38. The van der Waals surface area contributed by atoms with E-state index in [-0.39, 0.29) is 25.2 Å². The Labute approximate surface area is 204 Å². The number of benzene rings is 1. The quantitative estimate of drug-likeness (QED) is 0.604. The fraction of sp³-hybridized carbons (Fsp3) is 0.565. The number of carbonyl (C=O) groups excluding carboxylic acids is 1. The van der Waals surface area contributed by atoms with E-state index >= 15 is 0 Å². The number of likely N-dealkylation sites (N-methyl/N-ethyl adjacent to an activating group) is 1. The number of anilines is 2. The Kier molecular flexibility index (Phi) is 6.22. The molecular formula is C23H30FN6O4S-. The van der Waals surface area contributed by atoms with Crippen molar-refractivity contribution in [3.05, 3.63) is 45.9 Å². The molecule has 0 spiro atoms. The van der Waals surface area contributed by atoms with Gasteiger partial charge < -0.3 is 10.5 Å². The number of aromatic nitrogens is 2. The van der Waals surface area contributed by atoms with Crippen LogP contribution in [0.15, 0.2) is 18.5 Å². The molecule has 35 heavy (non-hydrogen) atoms. The van der Waals surface area contributed by atoms with Gasteiger partial charge in [-0.05, 0) is 74.2 Å². The molecule has 1 fully saturated rings. The first-order chi connectivity index (χ1) is 16.6. The number of hydrogen-bond acceptors (Lipinski definition) is 6. The molecule has 1 N–H and O–H groups in total. The van der Waals surface area contributed by atoms with Crippen molar-refractivity contribution in [1.82, 2.24) is 19.1 Å². The molecule has 2 heterocycles. The third-order valence-corrected chi connectivity index (χ3v) is 8.85. The monoisotopic (exact) mass is 505 g/mol. The molecule has 2 atom stereocenters. The molecule has 12 heteroatoms. The number of hydrogen-bond donors (Lipinski definition) is 1. The van der Waals surface area contributed by atoms with Crippen LogP contribution in [-0.4, -0.2) is 65.9 Å². The van der Waals surface area contributed by atoms with Crippen LogP contribution in [0.5, 0.6) is 0 Å². The molecule has 1 aromatic carbocycles. The maximum absolute atomic E-state index is 14.0. The van der Waals surface area contributed by atoms with Gasteiger partial charge >= 0.3 is 16.2 Å². The predicted octanol–water partition coefficient (Wildman–Crippen LogP) is 2.52. The van der Waals surface area contributed by atoms with E-state index in [1.165, 1.54) is 17.1 Å². The van der Waals surface area contributed by atoms with Crippen molar-refractivity contribution in [3.63, 3.8) is 0 Å². The van der Waals surface area contributed by atoms with E-state index in [2.05, 4.69) is 16.5 Å². The third-order valence-electron chi connectivity index (χ3n) is 7.35. The highest BCUT2D eigenvalue weighted by molar-refractivity contribution is 7.91. The lowest BCUT2D eigenvalue weighted by atomic mass is 9.99. The number of likely N-dealkylation sites (tertiary alicyclic amines) is 1. The van der Waals surface area contributed by atoms with Crippen LogP contribution in [-0.2, 0) is 42.9 Å². The van der Waals surface area contributed by atoms with Gasteiger partial charge in [-0.3, -0.25) is 14.1 Å². The molecule has 5 rings (SSSR count). The zero-order chi connectivity index (χ0) is 24.9. The van der Waals surface area contributed by atoms with Gasteiger partial charge in [0.25, 0.3) is 0 Å². The molecule has 1 saturated heterocycles. The van der Waals surface area contributed by atoms with Gasteiger partial charge in [0.1, 0.15) is 6.17 Å². The number of aryl methyl sites for hydroxylation is 3. The lowest BCUT2D eigenvalue weighted by Gasteiger charge is -2.36. The zero-order valence-corrected chi connectivity index (χ0v) is 20.7. The maximum atomic E-state index is 14.0. The Bertz CT molecular complexity index is 1220. The summed E-state index contributed by atoms with van der Waals surface area (Å²) in [7, 11) is -1.50. The van der Waals surface area contributed by atoms with Gasteiger partial charge in [0.2, 0.25) is 0 Å². The van der Waals surface area contributed by atoms with E-state index in [9.17, 15) is 22.8 Å². The number of halogens is 1. The molecule has 0 saturated carbocycles. The van der Waals surface area contributed by atoms with Crippen LogP contribution in [0.4, 0.5) is 20.6 Å².